The van der Waals surface area contributed by atoms with E-state index in [1.54, 1.807) is 30.8 Å². The van der Waals surface area contributed by atoms with Gasteiger partial charge in [-0.3, -0.25) is 9.36 Å². The third-order valence-electron chi connectivity index (χ3n) is 4.19. The number of hydrogen-bond donors (Lipinski definition) is 1. The van der Waals surface area contributed by atoms with E-state index in [0.29, 0.717) is 21.5 Å². The van der Waals surface area contributed by atoms with Crippen LogP contribution < -0.4 is 5.32 Å². The Kier molecular flexibility index (Phi) is 6.48. The predicted octanol–water partition coefficient (Wildman–Crippen LogP) is 4.50. The Hall–Kier alpha value is -3.37. The Morgan fingerprint density at radius 1 is 1.23 bits per heavy atom. The number of nitrogens with one attached hydrogen (secondary N) is 1. The number of amides is 1. The van der Waals surface area contributed by atoms with E-state index in [4.69, 9.17) is 9.15 Å². The summed E-state index contributed by atoms with van der Waals surface area (Å²) in [4.78, 5) is 25.2. The number of hydrogen-bond acceptors (Lipinski definition) is 8. The number of ether oxygens (including phenoxy) is 1. The van der Waals surface area contributed by atoms with E-state index < -0.39 is 5.97 Å². The minimum atomic E-state index is -0.512. The number of carbonyl (C=O) groups is 2. The fourth-order valence-corrected chi connectivity index (χ4v) is 4.53. The maximum atomic E-state index is 12.6. The highest BCUT2D eigenvalue weighted by molar-refractivity contribution is 7.99. The zero-order valence-corrected chi connectivity index (χ0v) is 18.1. The van der Waals surface area contributed by atoms with E-state index >= 15 is 0 Å². The summed E-state index contributed by atoms with van der Waals surface area (Å²) in [7, 11) is 0. The molecular weight excluding hydrogens is 436 g/mol. The maximum absolute atomic E-state index is 12.6. The van der Waals surface area contributed by atoms with Gasteiger partial charge in [-0.15, -0.1) is 21.5 Å². The average molecular weight is 455 g/mol. The fourth-order valence-electron chi connectivity index (χ4n) is 2.85. The predicted molar refractivity (Wildman–Crippen MR) is 119 cm³/mol. The van der Waals surface area contributed by atoms with Crippen molar-refractivity contribution in [3.8, 4) is 17.0 Å². The van der Waals surface area contributed by atoms with Crippen molar-refractivity contribution in [1.29, 1.82) is 0 Å². The van der Waals surface area contributed by atoms with Crippen LogP contribution in [0, 0.1) is 0 Å². The first-order valence-electron chi connectivity index (χ1n) is 9.38. The largest absolute Gasteiger partial charge is 0.464 e. The molecule has 158 valence electrons. The standard InChI is InChI=1S/C21H18N4O4S2/c1-2-28-20(27)18-15(16-9-6-10-29-16)11-30-19(18)23-17(26)12-31-21-24-22-13-25(21)14-7-4-3-5-8-14/h3-11,13H,2,12H2,1H3,(H,23,26). The van der Waals surface area contributed by atoms with E-state index in [9.17, 15) is 9.59 Å². The van der Waals surface area contributed by atoms with E-state index in [1.165, 1.54) is 29.4 Å². The molecule has 0 atom stereocenters. The summed E-state index contributed by atoms with van der Waals surface area (Å²) in [6.45, 7) is 1.96. The molecule has 4 aromatic rings. The highest BCUT2D eigenvalue weighted by Gasteiger charge is 2.24. The molecular formula is C21H18N4O4S2. The van der Waals surface area contributed by atoms with Crippen molar-refractivity contribution in [3.63, 3.8) is 0 Å². The van der Waals surface area contributed by atoms with Crippen molar-refractivity contribution in [2.24, 2.45) is 0 Å². The Morgan fingerprint density at radius 3 is 2.81 bits per heavy atom. The van der Waals surface area contributed by atoms with Gasteiger partial charge in [0.15, 0.2) is 5.16 Å². The molecule has 3 heterocycles. The molecule has 3 aromatic heterocycles. The second kappa shape index (κ2) is 9.63. The summed E-state index contributed by atoms with van der Waals surface area (Å²) in [5.41, 5.74) is 1.77. The molecule has 0 unspecified atom stereocenters. The van der Waals surface area contributed by atoms with Gasteiger partial charge in [-0.05, 0) is 31.2 Å². The highest BCUT2D eigenvalue weighted by Crippen LogP contribution is 2.36. The lowest BCUT2D eigenvalue weighted by atomic mass is 10.1. The number of benzene rings is 1. The Labute approximate surface area is 186 Å². The number of para-hydroxylation sites is 1. The number of thiophene rings is 1. The van der Waals surface area contributed by atoms with Gasteiger partial charge in [-0.1, -0.05) is 30.0 Å². The molecule has 0 aliphatic carbocycles. The summed E-state index contributed by atoms with van der Waals surface area (Å²) in [6, 6.07) is 13.1. The first kappa shape index (κ1) is 20.9. The molecule has 8 nitrogen and oxygen atoms in total. The van der Waals surface area contributed by atoms with Gasteiger partial charge < -0.3 is 14.5 Å². The molecule has 1 aromatic carbocycles. The Morgan fingerprint density at radius 2 is 2.06 bits per heavy atom. The van der Waals surface area contributed by atoms with Crippen molar-refractivity contribution < 1.29 is 18.7 Å². The van der Waals surface area contributed by atoms with Gasteiger partial charge in [0.1, 0.15) is 22.7 Å². The molecule has 1 N–H and O–H groups in total. The maximum Gasteiger partial charge on any atom is 0.341 e. The number of anilines is 1. The minimum Gasteiger partial charge on any atom is -0.464 e. The fraction of sp³-hybridized carbons (Fsp3) is 0.143. The number of rotatable bonds is 8. The molecule has 4 rings (SSSR count). The van der Waals surface area contributed by atoms with Crippen molar-refractivity contribution in [3.05, 3.63) is 66.0 Å². The van der Waals surface area contributed by atoms with E-state index in [2.05, 4.69) is 15.5 Å². The minimum absolute atomic E-state index is 0.0990. The van der Waals surface area contributed by atoms with Crippen LogP contribution in [0.25, 0.3) is 17.0 Å². The van der Waals surface area contributed by atoms with E-state index in [1.807, 2.05) is 34.9 Å². The average Bonchev–Trinajstić information content (AvgIpc) is 3.53. The van der Waals surface area contributed by atoms with Crippen LogP contribution >= 0.6 is 23.1 Å². The normalized spacial score (nSPS) is 10.7. The van der Waals surface area contributed by atoms with Gasteiger partial charge in [0.25, 0.3) is 0 Å². The zero-order chi connectivity index (χ0) is 21.6. The monoisotopic (exact) mass is 454 g/mol. The molecule has 0 aliphatic rings. The van der Waals surface area contributed by atoms with Crippen molar-refractivity contribution in [2.45, 2.75) is 12.1 Å². The number of aromatic nitrogens is 3. The lowest BCUT2D eigenvalue weighted by Gasteiger charge is -2.08. The summed E-state index contributed by atoms with van der Waals surface area (Å²) in [5, 5.41) is 13.6. The molecule has 0 saturated carbocycles. The molecule has 0 fully saturated rings. The third kappa shape index (κ3) is 4.70. The molecule has 0 saturated heterocycles. The van der Waals surface area contributed by atoms with Crippen LogP contribution in [0.2, 0.25) is 0 Å². The van der Waals surface area contributed by atoms with Gasteiger partial charge in [-0.2, -0.15) is 0 Å². The van der Waals surface area contributed by atoms with Crippen LogP contribution in [0.4, 0.5) is 5.00 Å². The molecule has 0 aliphatic heterocycles. The Balaban J connectivity index is 1.49. The first-order chi connectivity index (χ1) is 15.2. The smallest absolute Gasteiger partial charge is 0.341 e. The molecule has 0 radical (unpaired) electrons. The molecule has 1 amide bonds. The van der Waals surface area contributed by atoms with Gasteiger partial charge in [0.2, 0.25) is 5.91 Å². The summed E-state index contributed by atoms with van der Waals surface area (Å²) in [5.74, 6) is -0.153. The summed E-state index contributed by atoms with van der Waals surface area (Å²) < 4.78 is 12.4. The quantitative estimate of drug-likeness (QED) is 0.309. The summed E-state index contributed by atoms with van der Waals surface area (Å²) in [6.07, 6.45) is 3.13. The topological polar surface area (TPSA) is 99.2 Å². The second-order valence-electron chi connectivity index (χ2n) is 6.21. The van der Waals surface area contributed by atoms with Gasteiger partial charge in [-0.25, -0.2) is 4.79 Å². The molecule has 10 heteroatoms. The lowest BCUT2D eigenvalue weighted by molar-refractivity contribution is -0.113. The van der Waals surface area contributed by atoms with Crippen LogP contribution in [0.5, 0.6) is 0 Å². The van der Waals surface area contributed by atoms with E-state index in [0.717, 1.165) is 5.69 Å². The van der Waals surface area contributed by atoms with Crippen molar-refractivity contribution in [1.82, 2.24) is 14.8 Å². The second-order valence-corrected chi connectivity index (χ2v) is 8.03. The molecule has 0 bridgehead atoms. The summed E-state index contributed by atoms with van der Waals surface area (Å²) >= 11 is 2.50. The van der Waals surface area contributed by atoms with E-state index in [-0.39, 0.29) is 23.8 Å². The SMILES string of the molecule is CCOC(=O)c1c(-c2ccco2)csc1NC(=O)CSc1nncn1-c1ccccc1. The number of furan rings is 1. The number of esters is 1. The van der Waals surface area contributed by atoms with Crippen LogP contribution in [-0.4, -0.2) is 39.0 Å². The lowest BCUT2D eigenvalue weighted by Crippen LogP contribution is -2.16. The van der Waals surface area contributed by atoms with Crippen LogP contribution in [0.15, 0.2) is 70.0 Å². The van der Waals surface area contributed by atoms with Crippen molar-refractivity contribution >= 4 is 40.0 Å². The molecule has 31 heavy (non-hydrogen) atoms. The van der Waals surface area contributed by atoms with Crippen LogP contribution in [0.1, 0.15) is 17.3 Å². The zero-order valence-electron chi connectivity index (χ0n) is 16.5. The number of thioether (sulfide) groups is 1. The third-order valence-corrected chi connectivity index (χ3v) is 6.03. The molecule has 0 spiro atoms. The van der Waals surface area contributed by atoms with Gasteiger partial charge in [0, 0.05) is 16.6 Å². The van der Waals surface area contributed by atoms with Crippen LogP contribution in [-0.2, 0) is 9.53 Å². The highest BCUT2D eigenvalue weighted by atomic mass is 32.2. The van der Waals surface area contributed by atoms with Gasteiger partial charge in [0.05, 0.1) is 18.6 Å². The number of carbonyl (C=O) groups excluding carboxylic acids is 2. The Bertz CT molecular complexity index is 1170. The number of nitrogens with zero attached hydrogens (tertiary/aromatic N) is 3. The first-order valence-corrected chi connectivity index (χ1v) is 11.2. The van der Waals surface area contributed by atoms with Crippen LogP contribution in [0.3, 0.4) is 0 Å². The van der Waals surface area contributed by atoms with Gasteiger partial charge >= 0.3 is 5.97 Å². The van der Waals surface area contributed by atoms with Crippen molar-refractivity contribution in [2.75, 3.05) is 17.7 Å².